The van der Waals surface area contributed by atoms with E-state index in [-0.39, 0.29) is 5.91 Å². The highest BCUT2D eigenvalue weighted by molar-refractivity contribution is 7.99. The Labute approximate surface area is 146 Å². The number of carbonyl (C=O) groups is 1. The highest BCUT2D eigenvalue weighted by Crippen LogP contribution is 2.19. The zero-order chi connectivity index (χ0) is 16.6. The maximum atomic E-state index is 12.2. The van der Waals surface area contributed by atoms with E-state index in [0.29, 0.717) is 29.7 Å². The highest BCUT2D eigenvalue weighted by atomic mass is 32.2. The third-order valence-corrected chi connectivity index (χ3v) is 4.97. The first-order valence-electron chi connectivity index (χ1n) is 8.58. The molecular formula is C18H23N3O2S. The molecule has 0 unspecified atom stereocenters. The van der Waals surface area contributed by atoms with Gasteiger partial charge in [-0.05, 0) is 18.4 Å². The Morgan fingerprint density at radius 1 is 1.08 bits per heavy atom. The van der Waals surface area contributed by atoms with Crippen molar-refractivity contribution < 1.29 is 9.21 Å². The molecule has 5 nitrogen and oxygen atoms in total. The topological polar surface area (TPSA) is 59.2 Å². The van der Waals surface area contributed by atoms with Gasteiger partial charge in [-0.3, -0.25) is 4.79 Å². The highest BCUT2D eigenvalue weighted by Gasteiger charge is 2.16. The predicted molar refractivity (Wildman–Crippen MR) is 93.9 cm³/mol. The van der Waals surface area contributed by atoms with Gasteiger partial charge in [-0.25, -0.2) is 0 Å². The molecule has 1 aliphatic rings. The molecule has 0 N–H and O–H groups in total. The average molecular weight is 345 g/mol. The van der Waals surface area contributed by atoms with Gasteiger partial charge in [-0.15, -0.1) is 10.2 Å². The van der Waals surface area contributed by atoms with E-state index in [1.165, 1.54) is 24.6 Å². The molecular weight excluding hydrogens is 322 g/mol. The van der Waals surface area contributed by atoms with Crippen LogP contribution in [0.25, 0.3) is 0 Å². The molecule has 6 heteroatoms. The molecule has 1 saturated heterocycles. The zero-order valence-corrected chi connectivity index (χ0v) is 14.6. The summed E-state index contributed by atoms with van der Waals surface area (Å²) < 4.78 is 5.65. The summed E-state index contributed by atoms with van der Waals surface area (Å²) in [6.07, 6.45) is 5.91. The first-order valence-corrected chi connectivity index (χ1v) is 9.57. The van der Waals surface area contributed by atoms with Crippen molar-refractivity contribution in [1.82, 2.24) is 15.1 Å². The van der Waals surface area contributed by atoms with E-state index < -0.39 is 0 Å². The van der Waals surface area contributed by atoms with Crippen LogP contribution < -0.4 is 0 Å². The maximum absolute atomic E-state index is 12.2. The molecule has 0 bridgehead atoms. The monoisotopic (exact) mass is 345 g/mol. The normalized spacial score (nSPS) is 15.2. The van der Waals surface area contributed by atoms with Crippen LogP contribution in [0.4, 0.5) is 0 Å². The number of thioether (sulfide) groups is 1. The molecule has 1 fully saturated rings. The van der Waals surface area contributed by atoms with E-state index >= 15 is 0 Å². The molecule has 1 aromatic carbocycles. The Morgan fingerprint density at radius 3 is 2.58 bits per heavy atom. The number of nitrogens with zero attached hydrogens (tertiary/aromatic N) is 3. The second-order valence-electron chi connectivity index (χ2n) is 6.02. The second kappa shape index (κ2) is 8.87. The predicted octanol–water partition coefficient (Wildman–Crippen LogP) is 3.55. The van der Waals surface area contributed by atoms with Gasteiger partial charge in [0.15, 0.2) is 0 Å². The molecule has 0 spiro atoms. The van der Waals surface area contributed by atoms with Crippen LogP contribution in [0, 0.1) is 0 Å². The Hall–Kier alpha value is -1.82. The van der Waals surface area contributed by atoms with Crippen LogP contribution in [-0.4, -0.2) is 39.8 Å². The van der Waals surface area contributed by atoms with Crippen molar-refractivity contribution in [2.75, 3.05) is 18.8 Å². The van der Waals surface area contributed by atoms with E-state index in [0.717, 1.165) is 31.5 Å². The minimum absolute atomic E-state index is 0.244. The summed E-state index contributed by atoms with van der Waals surface area (Å²) >= 11 is 1.46. The fourth-order valence-electron chi connectivity index (χ4n) is 2.84. The fraction of sp³-hybridized carbons (Fsp3) is 0.500. The van der Waals surface area contributed by atoms with Gasteiger partial charge in [0.25, 0.3) is 5.22 Å². The summed E-state index contributed by atoms with van der Waals surface area (Å²) in [4.78, 5) is 14.2. The van der Waals surface area contributed by atoms with Gasteiger partial charge in [-0.1, -0.05) is 54.9 Å². The Bertz CT molecular complexity index is 637. The average Bonchev–Trinajstić information content (AvgIpc) is 2.87. The molecule has 2 heterocycles. The number of hydrogen-bond donors (Lipinski definition) is 0. The third kappa shape index (κ3) is 5.09. The minimum Gasteiger partial charge on any atom is -0.416 e. The molecule has 24 heavy (non-hydrogen) atoms. The number of rotatable bonds is 6. The lowest BCUT2D eigenvalue weighted by atomic mass is 10.2. The first-order chi connectivity index (χ1) is 11.8. The minimum atomic E-state index is 0.244. The quantitative estimate of drug-likeness (QED) is 0.750. The zero-order valence-electron chi connectivity index (χ0n) is 13.8. The molecule has 0 atom stereocenters. The SMILES string of the molecule is O=C(CCSc1nnc(Cc2ccccc2)o1)N1CCCCCC1. The van der Waals surface area contributed by atoms with Gasteiger partial charge >= 0.3 is 0 Å². The van der Waals surface area contributed by atoms with Crippen molar-refractivity contribution in [3.63, 3.8) is 0 Å². The summed E-state index contributed by atoms with van der Waals surface area (Å²) in [6, 6.07) is 10.1. The number of aromatic nitrogens is 2. The summed E-state index contributed by atoms with van der Waals surface area (Å²) in [6.45, 7) is 1.82. The molecule has 0 saturated carbocycles. The Kier molecular flexibility index (Phi) is 6.29. The fourth-order valence-corrected chi connectivity index (χ4v) is 3.55. The largest absolute Gasteiger partial charge is 0.416 e. The number of likely N-dealkylation sites (tertiary alicyclic amines) is 1. The van der Waals surface area contributed by atoms with E-state index in [9.17, 15) is 4.79 Å². The molecule has 0 radical (unpaired) electrons. The Morgan fingerprint density at radius 2 is 1.83 bits per heavy atom. The van der Waals surface area contributed by atoms with E-state index in [4.69, 9.17) is 4.42 Å². The standard InChI is InChI=1S/C18H23N3O2S/c22-17(21-11-6-1-2-7-12-21)10-13-24-18-20-19-16(23-18)14-15-8-4-3-5-9-15/h3-5,8-9H,1-2,6-7,10-14H2. The van der Waals surface area contributed by atoms with Crippen LogP contribution in [0.2, 0.25) is 0 Å². The Balaban J connectivity index is 1.43. The van der Waals surface area contributed by atoms with Crippen molar-refractivity contribution in [2.45, 2.75) is 43.7 Å². The third-order valence-electron chi connectivity index (χ3n) is 4.15. The molecule has 128 valence electrons. The molecule has 1 amide bonds. The maximum Gasteiger partial charge on any atom is 0.276 e. The van der Waals surface area contributed by atoms with Gasteiger partial charge in [0.1, 0.15) is 0 Å². The molecule has 1 aromatic heterocycles. The lowest BCUT2D eigenvalue weighted by Crippen LogP contribution is -2.31. The first kappa shape index (κ1) is 17.0. The van der Waals surface area contributed by atoms with Crippen LogP contribution in [0.5, 0.6) is 0 Å². The van der Waals surface area contributed by atoms with Crippen LogP contribution in [0.1, 0.15) is 43.6 Å². The van der Waals surface area contributed by atoms with Gasteiger partial charge in [0, 0.05) is 25.3 Å². The van der Waals surface area contributed by atoms with Crippen molar-refractivity contribution in [3.05, 3.63) is 41.8 Å². The van der Waals surface area contributed by atoms with E-state index in [2.05, 4.69) is 10.2 Å². The summed E-state index contributed by atoms with van der Waals surface area (Å²) in [5.74, 6) is 1.54. The van der Waals surface area contributed by atoms with E-state index in [1.54, 1.807) is 0 Å². The van der Waals surface area contributed by atoms with Crippen molar-refractivity contribution >= 4 is 17.7 Å². The van der Waals surface area contributed by atoms with Gasteiger partial charge < -0.3 is 9.32 Å². The molecule has 0 aliphatic carbocycles. The number of amides is 1. The summed E-state index contributed by atoms with van der Waals surface area (Å²) in [5.41, 5.74) is 1.15. The van der Waals surface area contributed by atoms with Crippen molar-refractivity contribution in [3.8, 4) is 0 Å². The van der Waals surface area contributed by atoms with Crippen LogP contribution in [0.3, 0.4) is 0 Å². The van der Waals surface area contributed by atoms with E-state index in [1.807, 2.05) is 35.2 Å². The lowest BCUT2D eigenvalue weighted by molar-refractivity contribution is -0.130. The number of benzene rings is 1. The number of carbonyl (C=O) groups excluding carboxylic acids is 1. The van der Waals surface area contributed by atoms with Gasteiger partial charge in [0.05, 0.1) is 6.42 Å². The second-order valence-corrected chi connectivity index (χ2v) is 7.06. The van der Waals surface area contributed by atoms with Crippen molar-refractivity contribution in [1.29, 1.82) is 0 Å². The van der Waals surface area contributed by atoms with Crippen LogP contribution in [-0.2, 0) is 11.2 Å². The van der Waals surface area contributed by atoms with Crippen LogP contribution in [0.15, 0.2) is 40.0 Å². The smallest absolute Gasteiger partial charge is 0.276 e. The van der Waals surface area contributed by atoms with Crippen LogP contribution >= 0.6 is 11.8 Å². The lowest BCUT2D eigenvalue weighted by Gasteiger charge is -2.19. The molecule has 2 aromatic rings. The van der Waals surface area contributed by atoms with Crippen molar-refractivity contribution in [2.24, 2.45) is 0 Å². The molecule has 3 rings (SSSR count). The van der Waals surface area contributed by atoms with Gasteiger partial charge in [0.2, 0.25) is 11.8 Å². The molecule has 1 aliphatic heterocycles. The number of hydrogen-bond acceptors (Lipinski definition) is 5. The van der Waals surface area contributed by atoms with Gasteiger partial charge in [-0.2, -0.15) is 0 Å². The summed E-state index contributed by atoms with van der Waals surface area (Å²) in [5, 5.41) is 8.68. The summed E-state index contributed by atoms with van der Waals surface area (Å²) in [7, 11) is 0.